The summed E-state index contributed by atoms with van der Waals surface area (Å²) in [4.78, 5) is 14.0. The van der Waals surface area contributed by atoms with E-state index in [2.05, 4.69) is 29.1 Å². The number of carboxylic acid groups (broad SMARTS) is 1. The van der Waals surface area contributed by atoms with Crippen molar-refractivity contribution < 1.29 is 14.4 Å². The largest absolute Gasteiger partial charge is 0.476 e. The Labute approximate surface area is 159 Å². The van der Waals surface area contributed by atoms with E-state index in [1.165, 1.54) is 18.4 Å². The first kappa shape index (κ1) is 18.2. The zero-order valence-electron chi connectivity index (χ0n) is 16.2. The molecule has 2 aliphatic rings. The molecule has 7 nitrogen and oxygen atoms in total. The van der Waals surface area contributed by atoms with Crippen molar-refractivity contribution in [3.05, 3.63) is 34.0 Å². The molecule has 1 N–H and O–H groups in total. The van der Waals surface area contributed by atoms with Gasteiger partial charge in [-0.3, -0.25) is 9.58 Å². The smallest absolute Gasteiger partial charge is 0.356 e. The summed E-state index contributed by atoms with van der Waals surface area (Å²) >= 11 is 0. The van der Waals surface area contributed by atoms with Crippen LogP contribution in [0.5, 0.6) is 0 Å². The van der Waals surface area contributed by atoms with Gasteiger partial charge in [0.1, 0.15) is 11.5 Å². The number of rotatable bonds is 6. The molecule has 0 aromatic carbocycles. The van der Waals surface area contributed by atoms with E-state index in [1.54, 1.807) is 0 Å². The Morgan fingerprint density at radius 2 is 2.11 bits per heavy atom. The minimum Gasteiger partial charge on any atom is -0.476 e. The van der Waals surface area contributed by atoms with Crippen LogP contribution in [0.3, 0.4) is 0 Å². The molecular weight excluding hydrogens is 344 g/mol. The van der Waals surface area contributed by atoms with E-state index in [-0.39, 0.29) is 5.69 Å². The molecule has 0 amide bonds. The van der Waals surface area contributed by atoms with Gasteiger partial charge in [0.25, 0.3) is 0 Å². The van der Waals surface area contributed by atoms with Crippen LogP contribution in [-0.2, 0) is 38.8 Å². The fourth-order valence-electron chi connectivity index (χ4n) is 4.55. The standard InChI is InChI=1S/C20H28N4O3/c1-3-10-24-17-9-8-13(11-15(17)19(21-24)20(25)26)23(2)12-16-14-6-4-5-7-18(14)27-22-16/h13H,3-12H2,1-2H3,(H,25,26). The van der Waals surface area contributed by atoms with Crippen molar-refractivity contribution in [1.82, 2.24) is 19.8 Å². The Morgan fingerprint density at radius 3 is 2.89 bits per heavy atom. The van der Waals surface area contributed by atoms with Crippen LogP contribution in [0, 0.1) is 0 Å². The number of aromatic nitrogens is 3. The lowest BCUT2D eigenvalue weighted by Gasteiger charge is -2.31. The van der Waals surface area contributed by atoms with Crippen LogP contribution in [0.2, 0.25) is 0 Å². The van der Waals surface area contributed by atoms with Crippen LogP contribution in [-0.4, -0.2) is 44.0 Å². The lowest BCUT2D eigenvalue weighted by molar-refractivity contribution is 0.0687. The molecule has 0 fully saturated rings. The van der Waals surface area contributed by atoms with E-state index in [4.69, 9.17) is 4.52 Å². The van der Waals surface area contributed by atoms with Crippen LogP contribution in [0.1, 0.15) is 71.4 Å². The molecule has 4 rings (SSSR count). The Kier molecular flexibility index (Phi) is 5.04. The Bertz CT molecular complexity index is 839. The SMILES string of the molecule is CCCn1nc(C(=O)O)c2c1CCC(N(C)Cc1noc3c1CCCC3)C2. The molecule has 7 heteroatoms. The van der Waals surface area contributed by atoms with E-state index in [9.17, 15) is 9.90 Å². The van der Waals surface area contributed by atoms with Crippen molar-refractivity contribution in [3.63, 3.8) is 0 Å². The second-order valence-corrected chi connectivity index (χ2v) is 7.85. The molecule has 1 atom stereocenters. The molecule has 2 aliphatic carbocycles. The monoisotopic (exact) mass is 372 g/mol. The van der Waals surface area contributed by atoms with Gasteiger partial charge in [0.15, 0.2) is 5.69 Å². The topological polar surface area (TPSA) is 84.4 Å². The number of carbonyl (C=O) groups is 1. The average molecular weight is 372 g/mol. The number of aromatic carboxylic acids is 1. The molecule has 2 heterocycles. The first-order chi connectivity index (χ1) is 13.1. The van der Waals surface area contributed by atoms with Gasteiger partial charge in [-0.2, -0.15) is 5.10 Å². The molecule has 2 aromatic rings. The van der Waals surface area contributed by atoms with Gasteiger partial charge in [-0.15, -0.1) is 0 Å². The van der Waals surface area contributed by atoms with Gasteiger partial charge in [0.2, 0.25) is 0 Å². The molecule has 0 saturated carbocycles. The van der Waals surface area contributed by atoms with Crippen LogP contribution in [0.15, 0.2) is 4.52 Å². The zero-order chi connectivity index (χ0) is 19.0. The van der Waals surface area contributed by atoms with Crippen LogP contribution >= 0.6 is 0 Å². The van der Waals surface area contributed by atoms with E-state index < -0.39 is 5.97 Å². The highest BCUT2D eigenvalue weighted by Gasteiger charge is 2.31. The Morgan fingerprint density at radius 1 is 1.30 bits per heavy atom. The van der Waals surface area contributed by atoms with Gasteiger partial charge in [-0.25, -0.2) is 4.79 Å². The zero-order valence-corrected chi connectivity index (χ0v) is 16.2. The Balaban J connectivity index is 1.52. The van der Waals surface area contributed by atoms with Crippen LogP contribution in [0.4, 0.5) is 0 Å². The molecule has 146 valence electrons. The van der Waals surface area contributed by atoms with Gasteiger partial charge in [0.05, 0.1) is 0 Å². The highest BCUT2D eigenvalue weighted by molar-refractivity contribution is 5.87. The summed E-state index contributed by atoms with van der Waals surface area (Å²) in [5.74, 6) is 0.138. The third kappa shape index (κ3) is 3.40. The normalized spacial score (nSPS) is 19.1. The molecular formula is C20H28N4O3. The van der Waals surface area contributed by atoms with Crippen molar-refractivity contribution in [2.24, 2.45) is 0 Å². The second-order valence-electron chi connectivity index (χ2n) is 7.85. The third-order valence-corrected chi connectivity index (χ3v) is 6.01. The molecule has 0 spiro atoms. The van der Waals surface area contributed by atoms with Crippen LogP contribution < -0.4 is 0 Å². The minimum absolute atomic E-state index is 0.232. The summed E-state index contributed by atoms with van der Waals surface area (Å²) in [5, 5.41) is 18.3. The van der Waals surface area contributed by atoms with Crippen molar-refractivity contribution in [2.45, 2.75) is 77.4 Å². The number of carboxylic acids is 1. The predicted octanol–water partition coefficient (Wildman–Crippen LogP) is 2.85. The molecule has 0 saturated heterocycles. The number of nitrogens with zero attached hydrogens (tertiary/aromatic N) is 4. The number of hydrogen-bond acceptors (Lipinski definition) is 5. The number of hydrogen-bond donors (Lipinski definition) is 1. The molecule has 2 aromatic heterocycles. The predicted molar refractivity (Wildman–Crippen MR) is 99.9 cm³/mol. The summed E-state index contributed by atoms with van der Waals surface area (Å²) in [7, 11) is 2.11. The van der Waals surface area contributed by atoms with Crippen molar-refractivity contribution in [2.75, 3.05) is 7.05 Å². The van der Waals surface area contributed by atoms with E-state index in [0.717, 1.165) is 74.3 Å². The summed E-state index contributed by atoms with van der Waals surface area (Å²) in [6, 6.07) is 0.297. The lowest BCUT2D eigenvalue weighted by Crippen LogP contribution is -2.37. The van der Waals surface area contributed by atoms with E-state index >= 15 is 0 Å². The van der Waals surface area contributed by atoms with E-state index in [1.807, 2.05) is 4.68 Å². The molecule has 0 bridgehead atoms. The van der Waals surface area contributed by atoms with Crippen molar-refractivity contribution >= 4 is 5.97 Å². The first-order valence-corrected chi connectivity index (χ1v) is 10.1. The maximum Gasteiger partial charge on any atom is 0.356 e. The van der Waals surface area contributed by atoms with Gasteiger partial charge in [-0.05, 0) is 52.0 Å². The van der Waals surface area contributed by atoms with Gasteiger partial charge >= 0.3 is 5.97 Å². The summed E-state index contributed by atoms with van der Waals surface area (Å²) in [6.07, 6.45) is 8.02. The van der Waals surface area contributed by atoms with Crippen molar-refractivity contribution in [3.8, 4) is 0 Å². The first-order valence-electron chi connectivity index (χ1n) is 10.1. The minimum atomic E-state index is -0.921. The van der Waals surface area contributed by atoms with Gasteiger partial charge in [0, 0.05) is 42.4 Å². The Hall–Kier alpha value is -2.15. The van der Waals surface area contributed by atoms with Gasteiger partial charge in [-0.1, -0.05) is 12.1 Å². The molecule has 0 radical (unpaired) electrons. The maximum atomic E-state index is 11.7. The summed E-state index contributed by atoms with van der Waals surface area (Å²) < 4.78 is 7.45. The summed E-state index contributed by atoms with van der Waals surface area (Å²) in [5.41, 5.74) is 4.61. The van der Waals surface area contributed by atoms with Gasteiger partial charge < -0.3 is 9.63 Å². The number of fused-ring (bicyclic) bond motifs is 2. The second kappa shape index (κ2) is 7.46. The lowest BCUT2D eigenvalue weighted by atomic mass is 9.90. The van der Waals surface area contributed by atoms with Crippen molar-refractivity contribution in [1.29, 1.82) is 0 Å². The average Bonchev–Trinajstić information content (AvgIpc) is 3.24. The fourth-order valence-corrected chi connectivity index (χ4v) is 4.55. The fraction of sp³-hybridized carbons (Fsp3) is 0.650. The molecule has 0 aliphatic heterocycles. The molecule has 1 unspecified atom stereocenters. The quantitative estimate of drug-likeness (QED) is 0.839. The number of likely N-dealkylation sites (N-methyl/N-ethyl adjacent to an activating group) is 1. The highest BCUT2D eigenvalue weighted by Crippen LogP contribution is 2.30. The number of aryl methyl sites for hydroxylation is 2. The van der Waals surface area contributed by atoms with E-state index in [0.29, 0.717) is 6.04 Å². The highest BCUT2D eigenvalue weighted by atomic mass is 16.5. The van der Waals surface area contributed by atoms with Crippen LogP contribution in [0.25, 0.3) is 0 Å². The maximum absolute atomic E-state index is 11.7. The molecule has 27 heavy (non-hydrogen) atoms. The summed E-state index contributed by atoms with van der Waals surface area (Å²) in [6.45, 7) is 3.62. The third-order valence-electron chi connectivity index (χ3n) is 6.01.